The topological polar surface area (TPSA) is 130 Å². The van der Waals surface area contributed by atoms with Gasteiger partial charge in [-0.05, 0) is 25.1 Å². The number of benzene rings is 1. The van der Waals surface area contributed by atoms with Crippen molar-refractivity contribution < 1.29 is 9.15 Å². The molecule has 0 aliphatic carbocycles. The van der Waals surface area contributed by atoms with Gasteiger partial charge in [-0.25, -0.2) is 14.8 Å². The third-order valence-electron chi connectivity index (χ3n) is 5.99. The quantitative estimate of drug-likeness (QED) is 0.416. The average molecular weight is 489 g/mol. The Morgan fingerprint density at radius 2 is 1.97 bits per heavy atom. The van der Waals surface area contributed by atoms with E-state index in [9.17, 15) is 10.1 Å². The molecule has 1 unspecified atom stereocenters. The van der Waals surface area contributed by atoms with Crippen LogP contribution in [-0.2, 0) is 11.3 Å². The van der Waals surface area contributed by atoms with Gasteiger partial charge in [0.1, 0.15) is 35.4 Å². The van der Waals surface area contributed by atoms with Gasteiger partial charge >= 0.3 is 5.63 Å². The first-order valence-electron chi connectivity index (χ1n) is 11.3. The van der Waals surface area contributed by atoms with Crippen molar-refractivity contribution >= 4 is 33.7 Å². The van der Waals surface area contributed by atoms with E-state index in [0.717, 1.165) is 48.7 Å². The third-order valence-corrected chi connectivity index (χ3v) is 7.08. The molecule has 1 saturated heterocycles. The number of nitrogens with zero attached hydrogens (tertiary/aromatic N) is 4. The summed E-state index contributed by atoms with van der Waals surface area (Å²) in [5.41, 5.74) is 6.42. The minimum Gasteiger partial charge on any atom is -0.425 e. The predicted octanol–water partition coefficient (Wildman–Crippen LogP) is 3.77. The summed E-state index contributed by atoms with van der Waals surface area (Å²) in [5.74, 6) is 0.839. The second-order valence-corrected chi connectivity index (χ2v) is 9.46. The minimum atomic E-state index is -0.478. The van der Waals surface area contributed by atoms with E-state index in [4.69, 9.17) is 14.9 Å². The number of ether oxygens (including phenoxy) is 1. The zero-order valence-corrected chi connectivity index (χ0v) is 20.0. The molecular formula is C25H24N6O3S. The van der Waals surface area contributed by atoms with Gasteiger partial charge in [-0.1, -0.05) is 18.2 Å². The molecule has 9 nitrogen and oxygen atoms in total. The Balaban J connectivity index is 1.57. The van der Waals surface area contributed by atoms with Crippen LogP contribution >= 0.6 is 11.3 Å². The van der Waals surface area contributed by atoms with Crippen LogP contribution in [0.5, 0.6) is 0 Å². The lowest BCUT2D eigenvalue weighted by Gasteiger charge is -2.25. The molecule has 3 aromatic heterocycles. The van der Waals surface area contributed by atoms with Crippen LogP contribution in [0.4, 0.5) is 11.6 Å². The smallest absolute Gasteiger partial charge is 0.343 e. The van der Waals surface area contributed by atoms with Crippen molar-refractivity contribution in [2.45, 2.75) is 19.5 Å². The summed E-state index contributed by atoms with van der Waals surface area (Å²) in [6.07, 6.45) is 1.29. The fraction of sp³-hybridized carbons (Fsp3) is 0.280. The molecule has 0 spiro atoms. The second-order valence-electron chi connectivity index (χ2n) is 8.29. The molecule has 1 aliphatic rings. The van der Waals surface area contributed by atoms with E-state index in [1.807, 2.05) is 31.2 Å². The SMILES string of the molecule is CC(Nc1ncnc(N)c1C#N)c1oc(=O)c2ccccc2c1-c1ccc(CN2CCOCC2)s1. The van der Waals surface area contributed by atoms with Crippen LogP contribution < -0.4 is 16.7 Å². The summed E-state index contributed by atoms with van der Waals surface area (Å²) in [4.78, 5) is 25.5. The highest BCUT2D eigenvalue weighted by molar-refractivity contribution is 7.15. The van der Waals surface area contributed by atoms with Crippen molar-refractivity contribution in [3.63, 3.8) is 0 Å². The number of nitrogen functional groups attached to an aromatic ring is 1. The first-order valence-corrected chi connectivity index (χ1v) is 12.1. The summed E-state index contributed by atoms with van der Waals surface area (Å²) in [6.45, 7) is 6.02. The summed E-state index contributed by atoms with van der Waals surface area (Å²) in [6, 6.07) is 13.2. The zero-order valence-electron chi connectivity index (χ0n) is 19.2. The van der Waals surface area contributed by atoms with E-state index < -0.39 is 11.7 Å². The van der Waals surface area contributed by atoms with Crippen molar-refractivity contribution in [3.05, 3.63) is 69.3 Å². The highest BCUT2D eigenvalue weighted by Crippen LogP contribution is 2.39. The Labute approximate surface area is 205 Å². The lowest BCUT2D eigenvalue weighted by molar-refractivity contribution is 0.0346. The van der Waals surface area contributed by atoms with Gasteiger partial charge in [0.05, 0.1) is 24.6 Å². The van der Waals surface area contributed by atoms with Gasteiger partial charge in [0.25, 0.3) is 0 Å². The molecule has 0 bridgehead atoms. The molecule has 35 heavy (non-hydrogen) atoms. The van der Waals surface area contributed by atoms with E-state index in [1.54, 1.807) is 17.4 Å². The lowest BCUT2D eigenvalue weighted by Crippen LogP contribution is -2.35. The van der Waals surface area contributed by atoms with Gasteiger partial charge in [0.15, 0.2) is 0 Å². The monoisotopic (exact) mass is 488 g/mol. The van der Waals surface area contributed by atoms with E-state index in [-0.39, 0.29) is 17.2 Å². The standard InChI is InChI=1S/C25H24N6O3S/c1-15(30-24-19(12-26)23(27)28-14-29-24)22-21(17-4-2-3-5-18(17)25(32)34-22)20-7-6-16(35-20)13-31-8-10-33-11-9-31/h2-7,14-15H,8-11,13H2,1H3,(H3,27,28,29,30). The van der Waals surface area contributed by atoms with Crippen LogP contribution in [0, 0.1) is 11.3 Å². The van der Waals surface area contributed by atoms with Gasteiger partial charge in [-0.2, -0.15) is 5.26 Å². The van der Waals surface area contributed by atoms with Crippen LogP contribution in [0.3, 0.4) is 0 Å². The molecule has 0 saturated carbocycles. The van der Waals surface area contributed by atoms with Gasteiger partial charge in [-0.15, -0.1) is 11.3 Å². The van der Waals surface area contributed by atoms with E-state index >= 15 is 0 Å². The maximum absolute atomic E-state index is 12.9. The summed E-state index contributed by atoms with van der Waals surface area (Å²) in [5, 5.41) is 14.0. The average Bonchev–Trinajstić information content (AvgIpc) is 3.32. The Bertz CT molecular complexity index is 1470. The maximum Gasteiger partial charge on any atom is 0.343 e. The van der Waals surface area contributed by atoms with Crippen LogP contribution in [0.15, 0.2) is 51.9 Å². The molecule has 0 amide bonds. The van der Waals surface area contributed by atoms with Crippen LogP contribution in [0.25, 0.3) is 21.2 Å². The largest absolute Gasteiger partial charge is 0.425 e. The molecule has 10 heteroatoms. The minimum absolute atomic E-state index is 0.0865. The molecule has 1 fully saturated rings. The lowest BCUT2D eigenvalue weighted by atomic mass is 10.0. The normalized spacial score (nSPS) is 15.1. The van der Waals surface area contributed by atoms with Gasteiger partial charge in [0, 0.05) is 40.3 Å². The second kappa shape index (κ2) is 9.84. The Morgan fingerprint density at radius 1 is 1.20 bits per heavy atom. The number of fused-ring (bicyclic) bond motifs is 1. The first kappa shape index (κ1) is 23.0. The number of aromatic nitrogens is 2. The van der Waals surface area contributed by atoms with E-state index in [2.05, 4.69) is 32.3 Å². The number of rotatable bonds is 6. The number of morpholine rings is 1. The van der Waals surface area contributed by atoms with E-state index in [0.29, 0.717) is 11.1 Å². The predicted molar refractivity (Wildman–Crippen MR) is 135 cm³/mol. The third kappa shape index (κ3) is 4.61. The first-order chi connectivity index (χ1) is 17.0. The molecule has 1 atom stereocenters. The van der Waals surface area contributed by atoms with Crippen molar-refractivity contribution in [1.82, 2.24) is 14.9 Å². The molecule has 5 rings (SSSR count). The Hall–Kier alpha value is -3.78. The number of hydrogen-bond donors (Lipinski definition) is 2. The molecular weight excluding hydrogens is 464 g/mol. The summed E-state index contributed by atoms with van der Waals surface area (Å²) >= 11 is 1.68. The van der Waals surface area contributed by atoms with Crippen molar-refractivity contribution in [2.75, 3.05) is 37.4 Å². The number of anilines is 2. The zero-order chi connectivity index (χ0) is 24.4. The highest BCUT2D eigenvalue weighted by Gasteiger charge is 2.23. The van der Waals surface area contributed by atoms with Gasteiger partial charge in [-0.3, -0.25) is 4.90 Å². The van der Waals surface area contributed by atoms with Crippen LogP contribution in [-0.4, -0.2) is 41.2 Å². The Kier molecular flexibility index (Phi) is 6.46. The molecule has 1 aromatic carbocycles. The summed E-state index contributed by atoms with van der Waals surface area (Å²) in [7, 11) is 0. The number of hydrogen-bond acceptors (Lipinski definition) is 10. The molecule has 3 N–H and O–H groups in total. The Morgan fingerprint density at radius 3 is 2.74 bits per heavy atom. The molecule has 178 valence electrons. The fourth-order valence-electron chi connectivity index (χ4n) is 4.24. The van der Waals surface area contributed by atoms with Crippen molar-refractivity contribution in [3.8, 4) is 16.5 Å². The van der Waals surface area contributed by atoms with Crippen molar-refractivity contribution in [1.29, 1.82) is 5.26 Å². The number of thiophene rings is 1. The van der Waals surface area contributed by atoms with Crippen molar-refractivity contribution in [2.24, 2.45) is 0 Å². The van der Waals surface area contributed by atoms with Gasteiger partial charge < -0.3 is 20.2 Å². The number of nitrogens with two attached hydrogens (primary N) is 1. The van der Waals surface area contributed by atoms with Gasteiger partial charge in [0.2, 0.25) is 0 Å². The molecule has 4 heterocycles. The van der Waals surface area contributed by atoms with Crippen LogP contribution in [0.1, 0.15) is 29.2 Å². The molecule has 1 aliphatic heterocycles. The molecule has 0 radical (unpaired) electrons. The number of nitriles is 1. The van der Waals surface area contributed by atoms with Crippen LogP contribution in [0.2, 0.25) is 0 Å². The maximum atomic E-state index is 12.9. The van der Waals surface area contributed by atoms with E-state index in [1.165, 1.54) is 11.2 Å². The number of nitrogens with one attached hydrogen (secondary N) is 1. The fourth-order valence-corrected chi connectivity index (χ4v) is 5.36. The summed E-state index contributed by atoms with van der Waals surface area (Å²) < 4.78 is 11.3. The highest BCUT2D eigenvalue weighted by atomic mass is 32.1. The molecule has 4 aromatic rings.